The summed E-state index contributed by atoms with van der Waals surface area (Å²) < 4.78 is 5.74. The molecule has 6 nitrogen and oxygen atoms in total. The van der Waals surface area contributed by atoms with Gasteiger partial charge < -0.3 is 15.4 Å². The number of nitrogens with zero attached hydrogens (tertiary/aromatic N) is 2. The van der Waals surface area contributed by atoms with Crippen molar-refractivity contribution in [3.8, 4) is 5.75 Å². The minimum atomic E-state index is -0.312. The first-order chi connectivity index (χ1) is 13.6. The number of nitrogens with one attached hydrogen (secondary N) is 2. The molecule has 1 amide bonds. The number of para-hydroxylation sites is 2. The van der Waals surface area contributed by atoms with Crippen LogP contribution in [-0.4, -0.2) is 28.5 Å². The maximum atomic E-state index is 12.6. The van der Waals surface area contributed by atoms with E-state index in [0.29, 0.717) is 23.8 Å². The van der Waals surface area contributed by atoms with Crippen molar-refractivity contribution in [1.29, 1.82) is 0 Å². The molecule has 0 radical (unpaired) electrons. The number of ether oxygens (including phenoxy) is 1. The third kappa shape index (κ3) is 5.54. The quantitative estimate of drug-likeness (QED) is 0.617. The van der Waals surface area contributed by atoms with E-state index in [1.54, 1.807) is 12.1 Å². The van der Waals surface area contributed by atoms with Crippen molar-refractivity contribution in [3.63, 3.8) is 0 Å². The van der Waals surface area contributed by atoms with Crippen LogP contribution >= 0.6 is 0 Å². The van der Waals surface area contributed by atoms with Crippen molar-refractivity contribution in [2.45, 2.75) is 26.4 Å². The van der Waals surface area contributed by atoms with E-state index in [4.69, 9.17) is 4.74 Å². The van der Waals surface area contributed by atoms with Crippen molar-refractivity contribution >= 4 is 17.4 Å². The zero-order valence-corrected chi connectivity index (χ0v) is 16.1. The minimum Gasteiger partial charge on any atom is -0.489 e. The molecule has 0 unspecified atom stereocenters. The number of carbonyl (C=O) groups excluding carboxylic acids is 1. The molecule has 0 aliphatic rings. The molecule has 2 N–H and O–H groups in total. The van der Waals surface area contributed by atoms with Crippen molar-refractivity contribution in [3.05, 3.63) is 78.2 Å². The fourth-order valence-electron chi connectivity index (χ4n) is 2.67. The second-order valence-electron chi connectivity index (χ2n) is 6.57. The highest BCUT2D eigenvalue weighted by Gasteiger charge is 2.12. The van der Waals surface area contributed by atoms with E-state index in [1.165, 1.54) is 11.9 Å². The fraction of sp³-hybridized carbons (Fsp3) is 0.227. The van der Waals surface area contributed by atoms with Crippen LogP contribution in [0.25, 0.3) is 0 Å². The lowest BCUT2D eigenvalue weighted by Gasteiger charge is -2.14. The number of carbonyl (C=O) groups is 1. The Kier molecular flexibility index (Phi) is 6.57. The number of benzene rings is 2. The molecule has 0 fully saturated rings. The Morgan fingerprint density at radius 1 is 1.04 bits per heavy atom. The van der Waals surface area contributed by atoms with Crippen LogP contribution in [0.2, 0.25) is 0 Å². The molecule has 1 heterocycles. The molecule has 0 aliphatic heterocycles. The Morgan fingerprint density at radius 3 is 2.57 bits per heavy atom. The van der Waals surface area contributed by atoms with Gasteiger partial charge in [0.05, 0.1) is 11.8 Å². The lowest BCUT2D eigenvalue weighted by atomic mass is 10.1. The predicted octanol–water partition coefficient (Wildman–Crippen LogP) is 4.17. The molecule has 2 aromatic carbocycles. The molecule has 0 aliphatic carbocycles. The maximum absolute atomic E-state index is 12.6. The Balaban J connectivity index is 1.62. The molecular weight excluding hydrogens is 352 g/mol. The third-order valence-corrected chi connectivity index (χ3v) is 3.96. The van der Waals surface area contributed by atoms with Crippen LogP contribution in [0.4, 0.5) is 11.5 Å². The normalized spacial score (nSPS) is 10.5. The largest absolute Gasteiger partial charge is 0.489 e. The number of hydrogen-bond acceptors (Lipinski definition) is 5. The lowest BCUT2D eigenvalue weighted by Crippen LogP contribution is -2.16. The highest BCUT2D eigenvalue weighted by Crippen LogP contribution is 2.25. The molecule has 1 aromatic heterocycles. The zero-order chi connectivity index (χ0) is 19.8. The van der Waals surface area contributed by atoms with Gasteiger partial charge in [-0.2, -0.15) is 0 Å². The number of amides is 1. The van der Waals surface area contributed by atoms with E-state index in [9.17, 15) is 4.79 Å². The number of aromatic nitrogens is 2. The molecule has 0 spiro atoms. The first kappa shape index (κ1) is 19.4. The van der Waals surface area contributed by atoms with Crippen molar-refractivity contribution < 1.29 is 9.53 Å². The number of hydrogen-bond donors (Lipinski definition) is 2. The Bertz CT molecular complexity index is 913. The van der Waals surface area contributed by atoms with Gasteiger partial charge in [-0.05, 0) is 38.0 Å². The Morgan fingerprint density at radius 2 is 1.79 bits per heavy atom. The fourth-order valence-corrected chi connectivity index (χ4v) is 2.67. The summed E-state index contributed by atoms with van der Waals surface area (Å²) in [6.07, 6.45) is 2.26. The highest BCUT2D eigenvalue weighted by molar-refractivity contribution is 6.04. The summed E-state index contributed by atoms with van der Waals surface area (Å²) in [5, 5.41) is 6.09. The van der Waals surface area contributed by atoms with Gasteiger partial charge in [0, 0.05) is 12.6 Å². The molecule has 6 heteroatoms. The predicted molar refractivity (Wildman–Crippen MR) is 111 cm³/mol. The molecule has 0 bridgehead atoms. The van der Waals surface area contributed by atoms with Gasteiger partial charge in [-0.1, -0.05) is 42.5 Å². The van der Waals surface area contributed by atoms with E-state index in [-0.39, 0.29) is 17.7 Å². The van der Waals surface area contributed by atoms with Gasteiger partial charge >= 0.3 is 0 Å². The monoisotopic (exact) mass is 376 g/mol. The van der Waals surface area contributed by atoms with Gasteiger partial charge in [-0.15, -0.1) is 0 Å². The first-order valence-electron chi connectivity index (χ1n) is 9.28. The number of rotatable bonds is 8. The molecule has 3 aromatic rings. The van der Waals surface area contributed by atoms with Gasteiger partial charge in [0.1, 0.15) is 23.6 Å². The van der Waals surface area contributed by atoms with E-state index in [1.807, 2.05) is 50.2 Å². The summed E-state index contributed by atoms with van der Waals surface area (Å²) in [4.78, 5) is 20.9. The third-order valence-electron chi connectivity index (χ3n) is 3.96. The molecule has 28 heavy (non-hydrogen) atoms. The van der Waals surface area contributed by atoms with Gasteiger partial charge in [0.25, 0.3) is 5.91 Å². The van der Waals surface area contributed by atoms with Crippen LogP contribution in [0.3, 0.4) is 0 Å². The summed E-state index contributed by atoms with van der Waals surface area (Å²) in [6, 6.07) is 19.2. The van der Waals surface area contributed by atoms with Crippen LogP contribution in [0, 0.1) is 0 Å². The van der Waals surface area contributed by atoms with E-state index >= 15 is 0 Å². The standard InChI is InChI=1S/C22H24N4O2/c1-16(2)28-20-11-7-6-10-18(20)26-22(27)19-14-21(25-15-24-19)23-13-12-17-8-4-3-5-9-17/h3-11,14-16H,12-13H2,1-2H3,(H,26,27)(H,23,24,25). The van der Waals surface area contributed by atoms with Crippen LogP contribution in [0.15, 0.2) is 67.0 Å². The van der Waals surface area contributed by atoms with Crippen LogP contribution in [0.5, 0.6) is 5.75 Å². The molecule has 0 saturated heterocycles. The smallest absolute Gasteiger partial charge is 0.274 e. The van der Waals surface area contributed by atoms with Gasteiger partial charge in [0.15, 0.2) is 0 Å². The first-order valence-corrected chi connectivity index (χ1v) is 9.28. The van der Waals surface area contributed by atoms with Crippen molar-refractivity contribution in [1.82, 2.24) is 9.97 Å². The van der Waals surface area contributed by atoms with E-state index < -0.39 is 0 Å². The summed E-state index contributed by atoms with van der Waals surface area (Å²) >= 11 is 0. The summed E-state index contributed by atoms with van der Waals surface area (Å²) in [7, 11) is 0. The molecular formula is C22H24N4O2. The van der Waals surface area contributed by atoms with Gasteiger partial charge in [0.2, 0.25) is 0 Å². The van der Waals surface area contributed by atoms with Crippen LogP contribution in [0.1, 0.15) is 29.9 Å². The van der Waals surface area contributed by atoms with Crippen LogP contribution in [-0.2, 0) is 6.42 Å². The van der Waals surface area contributed by atoms with Gasteiger partial charge in [-0.3, -0.25) is 4.79 Å². The van der Waals surface area contributed by atoms with Gasteiger partial charge in [-0.25, -0.2) is 9.97 Å². The lowest BCUT2D eigenvalue weighted by molar-refractivity contribution is 0.102. The minimum absolute atomic E-state index is 0.0116. The molecule has 3 rings (SSSR count). The second kappa shape index (κ2) is 9.50. The average Bonchev–Trinajstić information content (AvgIpc) is 2.70. The Hall–Kier alpha value is -3.41. The average molecular weight is 376 g/mol. The maximum Gasteiger partial charge on any atom is 0.274 e. The Labute approximate surface area is 165 Å². The topological polar surface area (TPSA) is 76.1 Å². The molecule has 0 atom stereocenters. The zero-order valence-electron chi connectivity index (χ0n) is 16.1. The second-order valence-corrected chi connectivity index (χ2v) is 6.57. The SMILES string of the molecule is CC(C)Oc1ccccc1NC(=O)c1cc(NCCc2ccccc2)ncn1. The summed E-state index contributed by atoms with van der Waals surface area (Å²) in [5.74, 6) is 0.928. The van der Waals surface area contributed by atoms with Crippen LogP contribution < -0.4 is 15.4 Å². The van der Waals surface area contributed by atoms with Crippen molar-refractivity contribution in [2.24, 2.45) is 0 Å². The molecule has 144 valence electrons. The number of anilines is 2. The van der Waals surface area contributed by atoms with E-state index in [2.05, 4.69) is 32.7 Å². The summed E-state index contributed by atoms with van der Waals surface area (Å²) in [6.45, 7) is 4.60. The van der Waals surface area contributed by atoms with E-state index in [0.717, 1.165) is 6.42 Å². The van der Waals surface area contributed by atoms with Crippen molar-refractivity contribution in [2.75, 3.05) is 17.2 Å². The summed E-state index contributed by atoms with van der Waals surface area (Å²) in [5.41, 5.74) is 2.14. The highest BCUT2D eigenvalue weighted by atomic mass is 16.5. The molecule has 0 saturated carbocycles.